The Balaban J connectivity index is 2.04. The molecule has 6 nitrogen and oxygen atoms in total. The molecule has 0 aromatic rings. The van der Waals surface area contributed by atoms with E-state index in [9.17, 15) is 14.7 Å². The van der Waals surface area contributed by atoms with Gasteiger partial charge in [-0.05, 0) is 25.7 Å². The number of carbonyl (C=O) groups excluding carboxylic acids is 1. The zero-order valence-corrected chi connectivity index (χ0v) is 11.4. The Labute approximate surface area is 113 Å². The number of carbonyl (C=O) groups is 2. The highest BCUT2D eigenvalue weighted by Gasteiger charge is 2.45. The standard InChI is InChI=1S/C13H22N2O4/c1-2-10-5-3-4-7-15(10)12(18)14-13(11(16)17)6-8-19-9-13/h10H,2-9H2,1H3,(H,14,18)(H,16,17). The third-order valence-electron chi connectivity index (χ3n) is 4.14. The first-order valence-corrected chi connectivity index (χ1v) is 6.99. The van der Waals surface area contributed by atoms with Gasteiger partial charge in [0.1, 0.15) is 0 Å². The largest absolute Gasteiger partial charge is 0.479 e. The zero-order valence-electron chi connectivity index (χ0n) is 11.4. The van der Waals surface area contributed by atoms with Gasteiger partial charge in [0.25, 0.3) is 0 Å². The molecule has 0 aromatic heterocycles. The summed E-state index contributed by atoms with van der Waals surface area (Å²) >= 11 is 0. The van der Waals surface area contributed by atoms with Gasteiger partial charge in [0.05, 0.1) is 6.61 Å². The highest BCUT2D eigenvalue weighted by Crippen LogP contribution is 2.23. The van der Waals surface area contributed by atoms with E-state index in [0.29, 0.717) is 19.6 Å². The molecule has 0 spiro atoms. The maximum absolute atomic E-state index is 12.3. The van der Waals surface area contributed by atoms with Crippen molar-refractivity contribution in [2.75, 3.05) is 19.8 Å². The second kappa shape index (κ2) is 5.77. The number of hydrogen-bond acceptors (Lipinski definition) is 3. The molecular formula is C13H22N2O4. The lowest BCUT2D eigenvalue weighted by Gasteiger charge is -2.37. The van der Waals surface area contributed by atoms with Crippen molar-refractivity contribution in [1.29, 1.82) is 0 Å². The van der Waals surface area contributed by atoms with Crippen molar-refractivity contribution in [2.24, 2.45) is 0 Å². The van der Waals surface area contributed by atoms with Crippen LogP contribution in [0.1, 0.15) is 39.0 Å². The first-order valence-electron chi connectivity index (χ1n) is 6.99. The van der Waals surface area contributed by atoms with E-state index in [1.807, 2.05) is 0 Å². The summed E-state index contributed by atoms with van der Waals surface area (Å²) < 4.78 is 5.15. The highest BCUT2D eigenvalue weighted by molar-refractivity contribution is 5.87. The zero-order chi connectivity index (χ0) is 13.9. The normalized spacial score (nSPS) is 31.2. The minimum atomic E-state index is -1.24. The van der Waals surface area contributed by atoms with Gasteiger partial charge in [-0.2, -0.15) is 0 Å². The molecule has 2 saturated heterocycles. The summed E-state index contributed by atoms with van der Waals surface area (Å²) in [6, 6.07) is -0.0404. The molecule has 2 N–H and O–H groups in total. The molecule has 2 aliphatic rings. The van der Waals surface area contributed by atoms with Crippen LogP contribution in [0, 0.1) is 0 Å². The average molecular weight is 270 g/mol. The molecule has 2 rings (SSSR count). The van der Waals surface area contributed by atoms with Crippen LogP contribution < -0.4 is 5.32 Å². The highest BCUT2D eigenvalue weighted by atomic mass is 16.5. The number of hydrogen-bond donors (Lipinski definition) is 2. The van der Waals surface area contributed by atoms with Crippen molar-refractivity contribution in [1.82, 2.24) is 10.2 Å². The molecule has 2 atom stereocenters. The smallest absolute Gasteiger partial charge is 0.332 e. The summed E-state index contributed by atoms with van der Waals surface area (Å²) in [4.78, 5) is 25.5. The molecule has 0 aliphatic carbocycles. The Bertz CT molecular complexity index is 353. The van der Waals surface area contributed by atoms with Crippen LogP contribution in [-0.4, -0.2) is 53.3 Å². The number of likely N-dealkylation sites (tertiary alicyclic amines) is 1. The molecule has 2 heterocycles. The van der Waals surface area contributed by atoms with Crippen LogP contribution in [0.15, 0.2) is 0 Å². The number of piperidine rings is 1. The summed E-state index contributed by atoms with van der Waals surface area (Å²) in [5.74, 6) is -1.01. The van der Waals surface area contributed by atoms with E-state index in [4.69, 9.17) is 4.74 Å². The van der Waals surface area contributed by atoms with Gasteiger partial charge in [0, 0.05) is 25.6 Å². The van der Waals surface area contributed by atoms with Crippen molar-refractivity contribution in [3.8, 4) is 0 Å². The Morgan fingerprint density at radius 1 is 1.47 bits per heavy atom. The Morgan fingerprint density at radius 2 is 2.26 bits per heavy atom. The lowest BCUT2D eigenvalue weighted by atomic mass is 9.98. The van der Waals surface area contributed by atoms with Crippen LogP contribution in [0.2, 0.25) is 0 Å². The molecule has 0 bridgehead atoms. The molecule has 0 saturated carbocycles. The Morgan fingerprint density at radius 3 is 2.84 bits per heavy atom. The van der Waals surface area contributed by atoms with E-state index < -0.39 is 11.5 Å². The third-order valence-corrected chi connectivity index (χ3v) is 4.14. The lowest BCUT2D eigenvalue weighted by molar-refractivity contribution is -0.144. The van der Waals surface area contributed by atoms with E-state index >= 15 is 0 Å². The topological polar surface area (TPSA) is 78.9 Å². The van der Waals surface area contributed by atoms with Gasteiger partial charge in [-0.25, -0.2) is 9.59 Å². The molecule has 108 valence electrons. The number of nitrogens with one attached hydrogen (secondary N) is 1. The number of carboxylic acid groups (broad SMARTS) is 1. The molecule has 6 heteroatoms. The molecule has 2 unspecified atom stereocenters. The maximum atomic E-state index is 12.3. The second-order valence-electron chi connectivity index (χ2n) is 5.37. The minimum absolute atomic E-state index is 0.0543. The van der Waals surface area contributed by atoms with E-state index in [-0.39, 0.29) is 18.7 Å². The van der Waals surface area contributed by atoms with Crippen LogP contribution in [0.5, 0.6) is 0 Å². The monoisotopic (exact) mass is 270 g/mol. The molecule has 2 amide bonds. The van der Waals surface area contributed by atoms with Gasteiger partial charge in [0.2, 0.25) is 0 Å². The van der Waals surface area contributed by atoms with Gasteiger partial charge in [-0.3, -0.25) is 0 Å². The van der Waals surface area contributed by atoms with Gasteiger partial charge >= 0.3 is 12.0 Å². The summed E-state index contributed by atoms with van der Waals surface area (Å²) in [6.07, 6.45) is 4.36. The third kappa shape index (κ3) is 2.83. The van der Waals surface area contributed by atoms with Crippen molar-refractivity contribution < 1.29 is 19.4 Å². The van der Waals surface area contributed by atoms with Crippen LogP contribution >= 0.6 is 0 Å². The summed E-state index contributed by atoms with van der Waals surface area (Å²) in [5.41, 5.74) is -1.24. The summed E-state index contributed by atoms with van der Waals surface area (Å²) in [6.45, 7) is 3.20. The Kier molecular flexibility index (Phi) is 4.29. The molecule has 2 aliphatic heterocycles. The molecule has 19 heavy (non-hydrogen) atoms. The summed E-state index contributed by atoms with van der Waals surface area (Å²) in [5, 5.41) is 12.0. The van der Waals surface area contributed by atoms with Gasteiger partial charge in [-0.15, -0.1) is 0 Å². The number of amides is 2. The maximum Gasteiger partial charge on any atom is 0.332 e. The van der Waals surface area contributed by atoms with E-state index in [0.717, 1.165) is 25.7 Å². The second-order valence-corrected chi connectivity index (χ2v) is 5.37. The molecule has 2 fully saturated rings. The summed E-state index contributed by atoms with van der Waals surface area (Å²) in [7, 11) is 0. The van der Waals surface area contributed by atoms with Crippen LogP contribution in [0.25, 0.3) is 0 Å². The van der Waals surface area contributed by atoms with Gasteiger partial charge in [0.15, 0.2) is 5.54 Å². The fourth-order valence-corrected chi connectivity index (χ4v) is 2.85. The van der Waals surface area contributed by atoms with Gasteiger partial charge in [-0.1, -0.05) is 6.92 Å². The number of aliphatic carboxylic acids is 1. The molecule has 0 radical (unpaired) electrons. The lowest BCUT2D eigenvalue weighted by Crippen LogP contribution is -2.60. The van der Waals surface area contributed by atoms with Crippen LogP contribution in [0.3, 0.4) is 0 Å². The fraction of sp³-hybridized carbons (Fsp3) is 0.846. The quantitative estimate of drug-likeness (QED) is 0.807. The predicted molar refractivity (Wildman–Crippen MR) is 69.0 cm³/mol. The van der Waals surface area contributed by atoms with E-state index in [2.05, 4.69) is 12.2 Å². The SMILES string of the molecule is CCC1CCCCN1C(=O)NC1(C(=O)O)CCOC1. The van der Waals surface area contributed by atoms with E-state index in [1.165, 1.54) is 0 Å². The number of carboxylic acids is 1. The van der Waals surface area contributed by atoms with Crippen molar-refractivity contribution >= 4 is 12.0 Å². The first kappa shape index (κ1) is 14.1. The van der Waals surface area contributed by atoms with E-state index in [1.54, 1.807) is 4.90 Å². The molecular weight excluding hydrogens is 248 g/mol. The van der Waals surface area contributed by atoms with Crippen LogP contribution in [-0.2, 0) is 9.53 Å². The predicted octanol–water partition coefficient (Wildman–Crippen LogP) is 1.20. The first-order chi connectivity index (χ1) is 9.09. The minimum Gasteiger partial charge on any atom is -0.479 e. The van der Waals surface area contributed by atoms with Gasteiger partial charge < -0.3 is 20.1 Å². The number of ether oxygens (including phenoxy) is 1. The van der Waals surface area contributed by atoms with Crippen molar-refractivity contribution in [3.05, 3.63) is 0 Å². The fourth-order valence-electron chi connectivity index (χ4n) is 2.85. The number of urea groups is 1. The number of nitrogens with zero attached hydrogens (tertiary/aromatic N) is 1. The number of rotatable bonds is 3. The van der Waals surface area contributed by atoms with Crippen molar-refractivity contribution in [2.45, 2.75) is 50.6 Å². The Hall–Kier alpha value is -1.30. The van der Waals surface area contributed by atoms with Crippen LogP contribution in [0.4, 0.5) is 4.79 Å². The van der Waals surface area contributed by atoms with Crippen molar-refractivity contribution in [3.63, 3.8) is 0 Å². The molecule has 0 aromatic carbocycles. The average Bonchev–Trinajstić information content (AvgIpc) is 2.88.